The van der Waals surface area contributed by atoms with Crippen molar-refractivity contribution in [3.63, 3.8) is 0 Å². The average Bonchev–Trinajstić information content (AvgIpc) is 2.98. The van der Waals surface area contributed by atoms with Crippen molar-refractivity contribution in [1.82, 2.24) is 5.32 Å². The average molecular weight is 326 g/mol. The first-order chi connectivity index (χ1) is 10.9. The molecule has 0 radical (unpaired) electrons. The zero-order chi connectivity index (χ0) is 16.6. The van der Waals surface area contributed by atoms with E-state index in [1.807, 2.05) is 45.0 Å². The molecule has 1 aromatic carbocycles. The van der Waals surface area contributed by atoms with E-state index in [2.05, 4.69) is 23.3 Å². The number of carbonyl (C=O) groups excluding carboxylic acids is 1. The first-order valence-electron chi connectivity index (χ1n) is 7.37. The number of aryl methyl sites for hydroxylation is 3. The Morgan fingerprint density at radius 2 is 2.00 bits per heavy atom. The number of amidine groups is 1. The lowest BCUT2D eigenvalue weighted by molar-refractivity contribution is -0.115. The van der Waals surface area contributed by atoms with Gasteiger partial charge in [0.25, 0.3) is 5.91 Å². The molecule has 0 spiro atoms. The number of hydrogen-bond donors (Lipinski definition) is 1. The number of furan rings is 1. The highest BCUT2D eigenvalue weighted by Gasteiger charge is 2.24. The number of hydrogen-bond acceptors (Lipinski definition) is 4. The maximum absolute atomic E-state index is 12.1. The van der Waals surface area contributed by atoms with E-state index in [-0.39, 0.29) is 5.91 Å². The minimum atomic E-state index is -0.127. The van der Waals surface area contributed by atoms with Crippen molar-refractivity contribution in [2.45, 2.75) is 27.7 Å². The van der Waals surface area contributed by atoms with Crippen LogP contribution in [0.5, 0.6) is 0 Å². The zero-order valence-corrected chi connectivity index (χ0v) is 14.4. The van der Waals surface area contributed by atoms with E-state index in [9.17, 15) is 4.79 Å². The SMILES string of the molecule is Cc1cc(/C=C2\SC(=Nc3cccc(C)c3C)NC2=O)c(C)o1. The topological polar surface area (TPSA) is 54.6 Å². The van der Waals surface area contributed by atoms with Gasteiger partial charge in [0.1, 0.15) is 11.5 Å². The van der Waals surface area contributed by atoms with Crippen LogP contribution in [0.2, 0.25) is 0 Å². The van der Waals surface area contributed by atoms with Crippen LogP contribution in [0.1, 0.15) is 28.2 Å². The smallest absolute Gasteiger partial charge is 0.264 e. The largest absolute Gasteiger partial charge is 0.466 e. The Morgan fingerprint density at radius 1 is 1.22 bits per heavy atom. The second-order valence-corrected chi connectivity index (χ2v) is 6.60. The summed E-state index contributed by atoms with van der Waals surface area (Å²) in [5, 5.41) is 3.43. The van der Waals surface area contributed by atoms with Gasteiger partial charge in [-0.1, -0.05) is 12.1 Å². The minimum absolute atomic E-state index is 0.127. The highest BCUT2D eigenvalue weighted by atomic mass is 32.2. The van der Waals surface area contributed by atoms with Crippen LogP contribution in [0, 0.1) is 27.7 Å². The van der Waals surface area contributed by atoms with Gasteiger partial charge >= 0.3 is 0 Å². The summed E-state index contributed by atoms with van der Waals surface area (Å²) in [6, 6.07) is 7.90. The van der Waals surface area contributed by atoms with E-state index in [1.54, 1.807) is 0 Å². The van der Waals surface area contributed by atoms with E-state index < -0.39 is 0 Å². The van der Waals surface area contributed by atoms with E-state index in [4.69, 9.17) is 4.42 Å². The first-order valence-corrected chi connectivity index (χ1v) is 8.18. The number of benzene rings is 1. The maximum atomic E-state index is 12.1. The van der Waals surface area contributed by atoms with Gasteiger partial charge in [-0.2, -0.15) is 0 Å². The van der Waals surface area contributed by atoms with Gasteiger partial charge in [-0.05, 0) is 68.8 Å². The zero-order valence-electron chi connectivity index (χ0n) is 13.6. The van der Waals surface area contributed by atoms with Gasteiger partial charge in [0.15, 0.2) is 5.17 Å². The fourth-order valence-corrected chi connectivity index (χ4v) is 3.21. The molecule has 23 heavy (non-hydrogen) atoms. The first kappa shape index (κ1) is 15.6. The molecule has 118 valence electrons. The molecule has 5 heteroatoms. The number of carbonyl (C=O) groups is 1. The number of amides is 1. The van der Waals surface area contributed by atoms with Crippen molar-refractivity contribution in [3.8, 4) is 0 Å². The van der Waals surface area contributed by atoms with Crippen molar-refractivity contribution < 1.29 is 9.21 Å². The minimum Gasteiger partial charge on any atom is -0.466 e. The third-order valence-corrected chi connectivity index (χ3v) is 4.72. The second kappa shape index (κ2) is 6.08. The molecule has 0 unspecified atom stereocenters. The summed E-state index contributed by atoms with van der Waals surface area (Å²) in [4.78, 5) is 17.3. The van der Waals surface area contributed by atoms with Crippen molar-refractivity contribution >= 4 is 34.6 Å². The quantitative estimate of drug-likeness (QED) is 0.832. The summed E-state index contributed by atoms with van der Waals surface area (Å²) < 4.78 is 5.50. The third kappa shape index (κ3) is 3.24. The molecule has 0 saturated carbocycles. The monoisotopic (exact) mass is 326 g/mol. The van der Waals surface area contributed by atoms with Crippen LogP contribution < -0.4 is 5.32 Å². The molecule has 1 N–H and O–H groups in total. The molecule has 1 aliphatic rings. The summed E-state index contributed by atoms with van der Waals surface area (Å²) >= 11 is 1.35. The predicted molar refractivity (Wildman–Crippen MR) is 94.9 cm³/mol. The second-order valence-electron chi connectivity index (χ2n) is 5.57. The number of nitrogens with one attached hydrogen (secondary N) is 1. The van der Waals surface area contributed by atoms with Crippen molar-refractivity contribution in [1.29, 1.82) is 0 Å². The fourth-order valence-electron chi connectivity index (χ4n) is 2.38. The molecule has 2 heterocycles. The summed E-state index contributed by atoms with van der Waals surface area (Å²) in [6.07, 6.45) is 1.84. The number of thioether (sulfide) groups is 1. The van der Waals surface area contributed by atoms with E-state index >= 15 is 0 Å². The molecule has 1 fully saturated rings. The maximum Gasteiger partial charge on any atom is 0.264 e. The summed E-state index contributed by atoms with van der Waals surface area (Å²) in [5.41, 5.74) is 4.10. The molecule has 0 aliphatic carbocycles. The highest BCUT2D eigenvalue weighted by molar-refractivity contribution is 8.18. The van der Waals surface area contributed by atoms with Gasteiger partial charge in [0.2, 0.25) is 0 Å². The van der Waals surface area contributed by atoms with Crippen LogP contribution in [0.3, 0.4) is 0 Å². The standard InChI is InChI=1S/C18H18N2O2S/c1-10-6-5-7-15(12(10)3)19-18-20-17(21)16(23-18)9-14-8-11(2)22-13(14)4/h5-9H,1-4H3,(H,19,20,21)/b16-9-. The lowest BCUT2D eigenvalue weighted by Crippen LogP contribution is -2.19. The summed E-state index contributed by atoms with van der Waals surface area (Å²) in [7, 11) is 0. The number of rotatable bonds is 2. The van der Waals surface area contributed by atoms with Gasteiger partial charge in [0, 0.05) is 5.56 Å². The Bertz CT molecular complexity index is 847. The van der Waals surface area contributed by atoms with E-state index in [1.165, 1.54) is 17.3 Å². The van der Waals surface area contributed by atoms with Gasteiger partial charge in [-0.25, -0.2) is 4.99 Å². The van der Waals surface area contributed by atoms with Crippen molar-refractivity contribution in [2.75, 3.05) is 0 Å². The van der Waals surface area contributed by atoms with E-state index in [0.29, 0.717) is 10.1 Å². The fraction of sp³-hybridized carbons (Fsp3) is 0.222. The molecule has 1 aromatic heterocycles. The van der Waals surface area contributed by atoms with Gasteiger partial charge < -0.3 is 9.73 Å². The predicted octanol–water partition coefficient (Wildman–Crippen LogP) is 4.40. The van der Waals surface area contributed by atoms with Crippen molar-refractivity contribution in [2.24, 2.45) is 4.99 Å². The van der Waals surface area contributed by atoms with Gasteiger partial charge in [0.05, 0.1) is 10.6 Å². The molecule has 1 amide bonds. The van der Waals surface area contributed by atoms with Crippen LogP contribution in [0.15, 0.2) is 38.6 Å². The summed E-state index contributed by atoms with van der Waals surface area (Å²) in [6.45, 7) is 7.87. The molecule has 3 rings (SSSR count). The Kier molecular flexibility index (Phi) is 4.13. The lowest BCUT2D eigenvalue weighted by atomic mass is 10.1. The molecular weight excluding hydrogens is 308 g/mol. The molecule has 0 atom stereocenters. The van der Waals surface area contributed by atoms with Crippen LogP contribution in [0.4, 0.5) is 5.69 Å². The van der Waals surface area contributed by atoms with Crippen LogP contribution >= 0.6 is 11.8 Å². The summed E-state index contributed by atoms with van der Waals surface area (Å²) in [5.74, 6) is 1.52. The Labute approximate surface area is 139 Å². The highest BCUT2D eigenvalue weighted by Crippen LogP contribution is 2.30. The Hall–Kier alpha value is -2.27. The molecule has 0 bridgehead atoms. The molecule has 1 saturated heterocycles. The number of aliphatic imine (C=N–C) groups is 1. The van der Waals surface area contributed by atoms with Crippen LogP contribution in [0.25, 0.3) is 6.08 Å². The van der Waals surface area contributed by atoms with Crippen LogP contribution in [-0.4, -0.2) is 11.1 Å². The number of nitrogens with zero attached hydrogens (tertiary/aromatic N) is 1. The van der Waals surface area contributed by atoms with E-state index in [0.717, 1.165) is 28.3 Å². The Morgan fingerprint density at radius 3 is 2.70 bits per heavy atom. The van der Waals surface area contributed by atoms with Gasteiger partial charge in [-0.15, -0.1) is 0 Å². The Balaban J connectivity index is 1.89. The lowest BCUT2D eigenvalue weighted by Gasteiger charge is -2.04. The molecule has 2 aromatic rings. The van der Waals surface area contributed by atoms with Crippen LogP contribution in [-0.2, 0) is 4.79 Å². The normalized spacial score (nSPS) is 18.0. The van der Waals surface area contributed by atoms with Crippen molar-refractivity contribution in [3.05, 3.63) is 57.4 Å². The molecule has 4 nitrogen and oxygen atoms in total. The molecular formula is C18H18N2O2S. The molecule has 1 aliphatic heterocycles. The van der Waals surface area contributed by atoms with Gasteiger partial charge in [-0.3, -0.25) is 4.79 Å². The third-order valence-electron chi connectivity index (χ3n) is 3.81.